The van der Waals surface area contributed by atoms with Crippen LogP contribution < -0.4 is 0 Å². The van der Waals surface area contributed by atoms with Crippen LogP contribution in [0.1, 0.15) is 124 Å². The molecule has 2 N–H and O–H groups in total. The summed E-state index contributed by atoms with van der Waals surface area (Å²) in [5, 5.41) is 18.9. The number of hydrogen-bond acceptors (Lipinski definition) is 6. The van der Waals surface area contributed by atoms with Crippen LogP contribution in [0.4, 0.5) is 0 Å². The van der Waals surface area contributed by atoms with Crippen molar-refractivity contribution < 1.29 is 29.3 Å². The zero-order valence-corrected chi connectivity index (χ0v) is 29.7. The predicted octanol–water partition coefficient (Wildman–Crippen LogP) is 11.7. The molecule has 0 bridgehead atoms. The van der Waals surface area contributed by atoms with Gasteiger partial charge in [0.05, 0.1) is 23.8 Å². The number of phenolic OH excluding ortho intramolecular Hbond substituents is 2. The number of benzene rings is 4. The lowest BCUT2D eigenvalue weighted by atomic mass is 10.0. The number of carbonyl (C=O) groups excluding carboxylic acids is 2. The van der Waals surface area contributed by atoms with E-state index in [0.717, 1.165) is 47.9 Å². The van der Waals surface area contributed by atoms with Crippen LogP contribution in [0.2, 0.25) is 0 Å². The molecule has 4 aromatic rings. The molecule has 0 aliphatic carbocycles. The van der Waals surface area contributed by atoms with Crippen molar-refractivity contribution in [1.82, 2.24) is 0 Å². The first-order valence-corrected chi connectivity index (χ1v) is 18.6. The van der Waals surface area contributed by atoms with E-state index in [1.54, 1.807) is 48.5 Å². The second-order valence-corrected chi connectivity index (χ2v) is 13.3. The number of unbranched alkanes of at least 4 members (excludes halogenated alkanes) is 13. The first-order valence-electron chi connectivity index (χ1n) is 18.6. The number of aromatic hydroxyl groups is 2. The minimum atomic E-state index is -0.278. The Kier molecular flexibility index (Phi) is 16.4. The fourth-order valence-electron chi connectivity index (χ4n) is 6.12. The van der Waals surface area contributed by atoms with Crippen LogP contribution in [0.5, 0.6) is 11.5 Å². The lowest BCUT2D eigenvalue weighted by molar-refractivity contribution is 0.0319. The standard InChI is InChI=1S/C44H54O6/c1-34(50-44(48)40-23-19-36(20-24-40)38-27-31-42(46)32-28-38)16-14-12-10-8-6-4-2-3-5-7-9-11-13-15-33-49-43(47)39-21-17-35(18-22-39)37-25-29-41(45)30-26-37/h17-32,34,45-46H,2-16,33H2,1H3. The van der Waals surface area contributed by atoms with Gasteiger partial charge < -0.3 is 19.7 Å². The third-order valence-electron chi connectivity index (χ3n) is 9.19. The average molecular weight is 679 g/mol. The molecule has 6 heteroatoms. The molecule has 1 unspecified atom stereocenters. The third kappa shape index (κ3) is 13.7. The number of esters is 2. The largest absolute Gasteiger partial charge is 0.508 e. The SMILES string of the molecule is CC(CCCCCCCCCCCCCCCCOC(=O)c1ccc(-c2ccc(O)cc2)cc1)OC(=O)c1ccc(-c2ccc(O)cc2)cc1. The lowest BCUT2D eigenvalue weighted by Crippen LogP contribution is -2.15. The first-order chi connectivity index (χ1) is 24.4. The number of phenols is 2. The molecule has 0 aliphatic rings. The van der Waals surface area contributed by atoms with Gasteiger partial charge in [-0.2, -0.15) is 0 Å². The van der Waals surface area contributed by atoms with Crippen LogP contribution in [0.25, 0.3) is 22.3 Å². The van der Waals surface area contributed by atoms with Crippen molar-refractivity contribution in [2.75, 3.05) is 6.61 Å². The Morgan fingerprint density at radius 3 is 1.18 bits per heavy atom. The van der Waals surface area contributed by atoms with Gasteiger partial charge in [-0.3, -0.25) is 0 Å². The average Bonchev–Trinajstić information content (AvgIpc) is 3.13. The zero-order valence-electron chi connectivity index (χ0n) is 29.7. The van der Waals surface area contributed by atoms with Crippen molar-refractivity contribution in [1.29, 1.82) is 0 Å². The second kappa shape index (κ2) is 21.5. The van der Waals surface area contributed by atoms with Gasteiger partial charge in [-0.25, -0.2) is 9.59 Å². The highest BCUT2D eigenvalue weighted by molar-refractivity contribution is 5.90. The van der Waals surface area contributed by atoms with E-state index >= 15 is 0 Å². The van der Waals surface area contributed by atoms with E-state index < -0.39 is 0 Å². The van der Waals surface area contributed by atoms with E-state index in [9.17, 15) is 19.8 Å². The molecule has 4 rings (SSSR count). The van der Waals surface area contributed by atoms with Gasteiger partial charge in [0.25, 0.3) is 0 Å². The fraction of sp³-hybridized carbons (Fsp3) is 0.409. The highest BCUT2D eigenvalue weighted by Crippen LogP contribution is 2.24. The normalized spacial score (nSPS) is 11.6. The molecule has 6 nitrogen and oxygen atoms in total. The maximum atomic E-state index is 12.6. The van der Waals surface area contributed by atoms with E-state index in [0.29, 0.717) is 17.7 Å². The van der Waals surface area contributed by atoms with E-state index in [2.05, 4.69) is 0 Å². The van der Waals surface area contributed by atoms with E-state index in [1.165, 1.54) is 70.6 Å². The Labute approximate surface area is 298 Å². The minimum Gasteiger partial charge on any atom is -0.508 e. The monoisotopic (exact) mass is 678 g/mol. The molecule has 0 spiro atoms. The van der Waals surface area contributed by atoms with E-state index in [4.69, 9.17) is 9.47 Å². The molecular formula is C44H54O6. The summed E-state index contributed by atoms with van der Waals surface area (Å²) >= 11 is 0. The Balaban J connectivity index is 0.905. The smallest absolute Gasteiger partial charge is 0.338 e. The van der Waals surface area contributed by atoms with Gasteiger partial charge in [-0.15, -0.1) is 0 Å². The molecule has 0 saturated heterocycles. The van der Waals surface area contributed by atoms with Crippen LogP contribution >= 0.6 is 0 Å². The molecule has 4 aromatic carbocycles. The maximum Gasteiger partial charge on any atom is 0.338 e. The van der Waals surface area contributed by atoms with Crippen LogP contribution in [0.15, 0.2) is 97.1 Å². The number of ether oxygens (including phenoxy) is 2. The summed E-state index contributed by atoms with van der Waals surface area (Å²) < 4.78 is 11.1. The van der Waals surface area contributed by atoms with Gasteiger partial charge in [0.1, 0.15) is 11.5 Å². The maximum absolute atomic E-state index is 12.6. The molecule has 0 saturated carbocycles. The third-order valence-corrected chi connectivity index (χ3v) is 9.19. The molecule has 0 amide bonds. The van der Waals surface area contributed by atoms with Gasteiger partial charge >= 0.3 is 11.9 Å². The topological polar surface area (TPSA) is 93.1 Å². The molecule has 50 heavy (non-hydrogen) atoms. The summed E-state index contributed by atoms with van der Waals surface area (Å²) in [6.07, 6.45) is 17.8. The van der Waals surface area contributed by atoms with Crippen LogP contribution in [0.3, 0.4) is 0 Å². The summed E-state index contributed by atoms with van der Waals surface area (Å²) in [6, 6.07) is 28.8. The summed E-state index contributed by atoms with van der Waals surface area (Å²) in [6.45, 7) is 2.44. The van der Waals surface area contributed by atoms with Crippen molar-refractivity contribution in [3.63, 3.8) is 0 Å². The molecule has 0 aromatic heterocycles. The molecule has 1 atom stereocenters. The molecular weight excluding hydrogens is 624 g/mol. The van der Waals surface area contributed by atoms with Crippen molar-refractivity contribution in [2.45, 2.75) is 109 Å². The van der Waals surface area contributed by atoms with Crippen LogP contribution in [-0.2, 0) is 9.47 Å². The predicted molar refractivity (Wildman–Crippen MR) is 202 cm³/mol. The quantitative estimate of drug-likeness (QED) is 0.0635. The molecule has 266 valence electrons. The van der Waals surface area contributed by atoms with Gasteiger partial charge in [0.2, 0.25) is 0 Å². The van der Waals surface area contributed by atoms with Crippen LogP contribution in [-0.4, -0.2) is 34.9 Å². The van der Waals surface area contributed by atoms with Gasteiger partial charge in [0.15, 0.2) is 0 Å². The van der Waals surface area contributed by atoms with Crippen molar-refractivity contribution in [2.24, 2.45) is 0 Å². The summed E-state index contributed by atoms with van der Waals surface area (Å²) in [7, 11) is 0. The number of carbonyl (C=O) groups is 2. The van der Waals surface area contributed by atoms with Gasteiger partial charge in [-0.05, 0) is 97.0 Å². The Morgan fingerprint density at radius 1 is 0.460 bits per heavy atom. The Bertz CT molecular complexity index is 1540. The van der Waals surface area contributed by atoms with Gasteiger partial charge in [0, 0.05) is 0 Å². The van der Waals surface area contributed by atoms with Crippen molar-refractivity contribution in [3.8, 4) is 33.8 Å². The van der Waals surface area contributed by atoms with E-state index in [-0.39, 0.29) is 29.5 Å². The Hall–Kier alpha value is -4.58. The summed E-state index contributed by atoms with van der Waals surface area (Å²) in [4.78, 5) is 24.9. The van der Waals surface area contributed by atoms with Crippen molar-refractivity contribution in [3.05, 3.63) is 108 Å². The van der Waals surface area contributed by atoms with Crippen LogP contribution in [0, 0.1) is 0 Å². The Morgan fingerprint density at radius 2 is 0.780 bits per heavy atom. The van der Waals surface area contributed by atoms with Crippen molar-refractivity contribution >= 4 is 11.9 Å². The number of hydrogen-bond donors (Lipinski definition) is 2. The lowest BCUT2D eigenvalue weighted by Gasteiger charge is -2.13. The molecule has 0 radical (unpaired) electrons. The van der Waals surface area contributed by atoms with Gasteiger partial charge in [-0.1, -0.05) is 126 Å². The highest BCUT2D eigenvalue weighted by atomic mass is 16.5. The molecule has 0 aliphatic heterocycles. The highest BCUT2D eigenvalue weighted by Gasteiger charge is 2.12. The molecule has 0 fully saturated rings. The fourth-order valence-corrected chi connectivity index (χ4v) is 6.12. The number of rotatable bonds is 22. The first kappa shape index (κ1) is 38.2. The molecule has 0 heterocycles. The second-order valence-electron chi connectivity index (χ2n) is 13.3. The summed E-state index contributed by atoms with van der Waals surface area (Å²) in [5.41, 5.74) is 5.08. The van der Waals surface area contributed by atoms with E-state index in [1.807, 2.05) is 55.5 Å². The minimum absolute atomic E-state index is 0.0925. The summed E-state index contributed by atoms with van der Waals surface area (Å²) in [5.74, 6) is -0.0848. The zero-order chi connectivity index (χ0) is 35.4.